The number of hydrogen-bond donors (Lipinski definition) is 1. The number of benzene rings is 2. The van der Waals surface area contributed by atoms with E-state index in [1.165, 1.54) is 18.4 Å². The molecule has 0 spiro atoms. The zero-order valence-electron chi connectivity index (χ0n) is 20.0. The first-order valence-corrected chi connectivity index (χ1v) is 13.7. The van der Waals surface area contributed by atoms with Crippen LogP contribution in [0.15, 0.2) is 36.4 Å². The topological polar surface area (TPSA) is 61.9 Å². The van der Waals surface area contributed by atoms with Crippen molar-refractivity contribution in [3.05, 3.63) is 63.1 Å². The fourth-order valence-corrected chi connectivity index (χ4v) is 6.09. The van der Waals surface area contributed by atoms with Crippen molar-refractivity contribution in [3.8, 4) is 0 Å². The molecular formula is C25H32Cl3N3O3P+. The van der Waals surface area contributed by atoms with E-state index in [-0.39, 0.29) is 36.8 Å². The number of amides is 1. The second-order valence-electron chi connectivity index (χ2n) is 8.92. The van der Waals surface area contributed by atoms with E-state index < -0.39 is 8.18 Å². The minimum Gasteiger partial charge on any atom is -0.337 e. The van der Waals surface area contributed by atoms with Crippen molar-refractivity contribution in [2.45, 2.75) is 51.1 Å². The summed E-state index contributed by atoms with van der Waals surface area (Å²) >= 11 is 12.2. The first-order chi connectivity index (χ1) is 16.4. The van der Waals surface area contributed by atoms with Gasteiger partial charge in [-0.1, -0.05) is 35.3 Å². The SMILES string of the molecule is CCO[P+](=O)Nc1ccc2c(c1)[C@H](N(C)C(=O)Cc1ccc(Cl)c(Cl)c1)[C@@H](N1CCCC1)CC2.Cl. The molecule has 35 heavy (non-hydrogen) atoms. The zero-order chi connectivity index (χ0) is 24.2. The van der Waals surface area contributed by atoms with Gasteiger partial charge in [0, 0.05) is 13.1 Å². The van der Waals surface area contributed by atoms with Gasteiger partial charge in [0.15, 0.2) is 0 Å². The molecule has 1 amide bonds. The van der Waals surface area contributed by atoms with Gasteiger partial charge in [-0.15, -0.1) is 16.9 Å². The summed E-state index contributed by atoms with van der Waals surface area (Å²) in [6.45, 7) is 4.30. The Kier molecular flexibility index (Phi) is 10.2. The number of anilines is 1. The van der Waals surface area contributed by atoms with Gasteiger partial charge in [-0.2, -0.15) is 5.09 Å². The van der Waals surface area contributed by atoms with Crippen molar-refractivity contribution in [1.82, 2.24) is 9.80 Å². The number of nitrogens with one attached hydrogen (secondary N) is 1. The average Bonchev–Trinajstić information content (AvgIpc) is 3.35. The summed E-state index contributed by atoms with van der Waals surface area (Å²) in [5.41, 5.74) is 3.92. The quantitative estimate of drug-likeness (QED) is 0.366. The molecule has 3 atom stereocenters. The number of nitrogens with zero attached hydrogens (tertiary/aromatic N) is 2. The van der Waals surface area contributed by atoms with Crippen LogP contribution in [-0.4, -0.2) is 48.5 Å². The lowest BCUT2D eigenvalue weighted by molar-refractivity contribution is -0.133. The normalized spacial score (nSPS) is 20.1. The molecule has 4 rings (SSSR count). The van der Waals surface area contributed by atoms with Gasteiger partial charge in [0.2, 0.25) is 5.91 Å². The van der Waals surface area contributed by atoms with E-state index in [4.69, 9.17) is 27.7 Å². The molecule has 190 valence electrons. The molecule has 1 fully saturated rings. The minimum absolute atomic E-state index is 0. The summed E-state index contributed by atoms with van der Waals surface area (Å²) in [5.74, 6) is 0.0270. The van der Waals surface area contributed by atoms with Crippen LogP contribution >= 0.6 is 43.8 Å². The molecule has 1 unspecified atom stereocenters. The number of likely N-dealkylation sites (tertiary alicyclic amines) is 1. The molecule has 10 heteroatoms. The van der Waals surface area contributed by atoms with E-state index in [0.717, 1.165) is 42.7 Å². The van der Waals surface area contributed by atoms with E-state index >= 15 is 0 Å². The molecule has 1 N–H and O–H groups in total. The molecule has 1 saturated heterocycles. The maximum Gasteiger partial charge on any atom is 0.643 e. The highest BCUT2D eigenvalue weighted by Crippen LogP contribution is 2.40. The number of hydrogen-bond acceptors (Lipinski definition) is 4. The van der Waals surface area contributed by atoms with Gasteiger partial charge in [0.05, 0.1) is 28.2 Å². The molecule has 0 radical (unpaired) electrons. The van der Waals surface area contributed by atoms with Crippen LogP contribution in [0.3, 0.4) is 0 Å². The van der Waals surface area contributed by atoms with E-state index in [1.54, 1.807) is 12.1 Å². The summed E-state index contributed by atoms with van der Waals surface area (Å²) in [6.07, 6.45) is 4.59. The molecule has 1 heterocycles. The van der Waals surface area contributed by atoms with E-state index in [9.17, 15) is 9.36 Å². The smallest absolute Gasteiger partial charge is 0.337 e. The van der Waals surface area contributed by atoms with Gasteiger partial charge in [0.25, 0.3) is 0 Å². The number of fused-ring (bicyclic) bond motifs is 1. The first kappa shape index (κ1) is 28.2. The van der Waals surface area contributed by atoms with Crippen LogP contribution in [-0.2, 0) is 26.7 Å². The van der Waals surface area contributed by atoms with E-state index in [2.05, 4.69) is 16.1 Å². The summed E-state index contributed by atoms with van der Waals surface area (Å²) in [4.78, 5) is 17.9. The van der Waals surface area contributed by atoms with Crippen LogP contribution in [0.1, 0.15) is 48.9 Å². The Morgan fingerprint density at radius 2 is 1.91 bits per heavy atom. The fraction of sp³-hybridized carbons (Fsp3) is 0.480. The second kappa shape index (κ2) is 12.7. The lowest BCUT2D eigenvalue weighted by Gasteiger charge is -2.43. The van der Waals surface area contributed by atoms with Crippen molar-refractivity contribution in [2.24, 2.45) is 0 Å². The van der Waals surface area contributed by atoms with Gasteiger partial charge in [-0.05, 0) is 91.2 Å². The molecule has 0 aromatic heterocycles. The lowest BCUT2D eigenvalue weighted by atomic mass is 9.82. The summed E-state index contributed by atoms with van der Waals surface area (Å²) in [7, 11) is -0.0931. The molecule has 0 bridgehead atoms. The largest absolute Gasteiger partial charge is 0.643 e. The molecule has 1 aliphatic heterocycles. The standard InChI is InChI=1S/C25H31Cl2N3O3P.ClH/c1-3-33-34(32)28-19-9-7-18-8-11-23(30-12-4-5-13-30)25(20(18)16-19)29(2)24(31)15-17-6-10-21(26)22(27)14-17;/h6-7,9-10,14,16,23,25H,3-5,8,11-13,15H2,1-2H3,(H,28,32);1H/q+1;/t23-,25-;/m0./s1. The van der Waals surface area contributed by atoms with Crippen LogP contribution in [0.4, 0.5) is 5.69 Å². The molecular weight excluding hydrogens is 528 g/mol. The van der Waals surface area contributed by atoms with E-state index in [1.807, 2.05) is 37.1 Å². The Morgan fingerprint density at radius 1 is 1.17 bits per heavy atom. The third-order valence-electron chi connectivity index (χ3n) is 6.76. The molecule has 2 aliphatic rings. The Labute approximate surface area is 224 Å². The van der Waals surface area contributed by atoms with Crippen molar-refractivity contribution in [3.63, 3.8) is 0 Å². The Morgan fingerprint density at radius 3 is 2.60 bits per heavy atom. The highest BCUT2D eigenvalue weighted by molar-refractivity contribution is 7.40. The van der Waals surface area contributed by atoms with Crippen molar-refractivity contribution in [1.29, 1.82) is 0 Å². The maximum atomic E-state index is 13.5. The van der Waals surface area contributed by atoms with Gasteiger partial charge < -0.3 is 4.90 Å². The Hall–Kier alpha value is -1.40. The van der Waals surface area contributed by atoms with Crippen molar-refractivity contribution in [2.75, 3.05) is 31.8 Å². The highest BCUT2D eigenvalue weighted by Gasteiger charge is 2.39. The maximum absolute atomic E-state index is 13.5. The monoisotopic (exact) mass is 558 g/mol. The highest BCUT2D eigenvalue weighted by atomic mass is 35.5. The van der Waals surface area contributed by atoms with Crippen molar-refractivity contribution < 1.29 is 13.9 Å². The van der Waals surface area contributed by atoms with Gasteiger partial charge >= 0.3 is 8.18 Å². The molecule has 6 nitrogen and oxygen atoms in total. The van der Waals surface area contributed by atoms with Crippen LogP contribution in [0.2, 0.25) is 10.0 Å². The van der Waals surface area contributed by atoms with Crippen LogP contribution in [0, 0.1) is 0 Å². The molecule has 0 saturated carbocycles. The van der Waals surface area contributed by atoms with Gasteiger partial charge in [-0.25, -0.2) is 0 Å². The number of carbonyl (C=O) groups is 1. The lowest BCUT2D eigenvalue weighted by Crippen LogP contribution is -2.48. The number of rotatable bonds is 8. The average molecular weight is 560 g/mol. The van der Waals surface area contributed by atoms with Gasteiger partial charge in [0.1, 0.15) is 6.61 Å². The third-order valence-corrected chi connectivity index (χ3v) is 8.44. The number of carbonyl (C=O) groups excluding carboxylic acids is 1. The van der Waals surface area contributed by atoms with Gasteiger partial charge in [-0.3, -0.25) is 9.69 Å². The predicted octanol–water partition coefficient (Wildman–Crippen LogP) is 6.67. The predicted molar refractivity (Wildman–Crippen MR) is 145 cm³/mol. The summed E-state index contributed by atoms with van der Waals surface area (Å²) in [6, 6.07) is 11.5. The number of halogens is 3. The fourth-order valence-electron chi connectivity index (χ4n) is 5.12. The summed E-state index contributed by atoms with van der Waals surface area (Å²) < 4.78 is 17.3. The molecule has 1 aliphatic carbocycles. The third kappa shape index (κ3) is 6.68. The summed E-state index contributed by atoms with van der Waals surface area (Å²) in [5, 5.41) is 3.89. The number of aryl methyl sites for hydroxylation is 1. The van der Waals surface area contributed by atoms with E-state index in [0.29, 0.717) is 16.7 Å². The van der Waals surface area contributed by atoms with Crippen LogP contribution in [0.5, 0.6) is 0 Å². The second-order valence-corrected chi connectivity index (χ2v) is 10.7. The zero-order valence-corrected chi connectivity index (χ0v) is 23.2. The first-order valence-electron chi connectivity index (χ1n) is 11.8. The van der Waals surface area contributed by atoms with Crippen LogP contribution < -0.4 is 5.09 Å². The number of likely N-dealkylation sites (N-methyl/N-ethyl adjacent to an activating group) is 1. The Bertz CT molecular complexity index is 1070. The van der Waals surface area contributed by atoms with Crippen molar-refractivity contribution >= 4 is 55.4 Å². The Balaban J connectivity index is 0.00000342. The van der Waals surface area contributed by atoms with Crippen LogP contribution in [0.25, 0.3) is 0 Å². The minimum atomic E-state index is -1.99. The molecule has 2 aromatic carbocycles. The molecule has 2 aromatic rings.